The van der Waals surface area contributed by atoms with Gasteiger partial charge in [-0.3, -0.25) is 4.79 Å². The first-order valence-corrected chi connectivity index (χ1v) is 8.71. The van der Waals surface area contributed by atoms with Gasteiger partial charge in [0.25, 0.3) is 5.79 Å². The molecule has 0 heterocycles. The average molecular weight is 350 g/mol. The smallest absolute Gasteiger partial charge is 0.431 e. The molecule has 0 amide bonds. The van der Waals surface area contributed by atoms with E-state index in [2.05, 4.69) is 13.8 Å². The van der Waals surface area contributed by atoms with Gasteiger partial charge in [0.1, 0.15) is 0 Å². The molecule has 1 atom stereocenters. The molecule has 0 saturated heterocycles. The van der Waals surface area contributed by atoms with Crippen LogP contribution in [0.15, 0.2) is 24.3 Å². The molecule has 0 aliphatic carbocycles. The van der Waals surface area contributed by atoms with Crippen molar-refractivity contribution < 1.29 is 23.8 Å². The van der Waals surface area contributed by atoms with Crippen LogP contribution in [-0.4, -0.2) is 24.0 Å². The molecular weight excluding hydrogens is 320 g/mol. The number of ether oxygens (including phenoxy) is 3. The van der Waals surface area contributed by atoms with Crippen molar-refractivity contribution in [2.45, 2.75) is 72.7 Å². The average Bonchev–Trinajstić information content (AvgIpc) is 2.44. The van der Waals surface area contributed by atoms with Crippen LogP contribution in [0.2, 0.25) is 0 Å². The Kier molecular flexibility index (Phi) is 7.46. The van der Waals surface area contributed by atoms with Gasteiger partial charge in [0.05, 0.1) is 12.0 Å². The first-order chi connectivity index (χ1) is 11.5. The monoisotopic (exact) mass is 350 g/mol. The van der Waals surface area contributed by atoms with Crippen LogP contribution >= 0.6 is 0 Å². The lowest BCUT2D eigenvalue weighted by Crippen LogP contribution is -2.36. The summed E-state index contributed by atoms with van der Waals surface area (Å²) in [7, 11) is 0. The van der Waals surface area contributed by atoms with Gasteiger partial charge in [-0.2, -0.15) is 0 Å². The molecule has 5 nitrogen and oxygen atoms in total. The fraction of sp³-hybridized carbons (Fsp3) is 0.600. The predicted molar refractivity (Wildman–Crippen MR) is 96.3 cm³/mol. The third-order valence-electron chi connectivity index (χ3n) is 3.48. The first-order valence-electron chi connectivity index (χ1n) is 8.71. The molecule has 25 heavy (non-hydrogen) atoms. The normalized spacial score (nSPS) is 12.8. The van der Waals surface area contributed by atoms with Gasteiger partial charge in [-0.15, -0.1) is 0 Å². The Bertz CT molecular complexity index is 572. The maximum absolute atomic E-state index is 12.4. The van der Waals surface area contributed by atoms with Crippen LogP contribution in [0.5, 0.6) is 0 Å². The van der Waals surface area contributed by atoms with E-state index in [9.17, 15) is 9.59 Å². The van der Waals surface area contributed by atoms with E-state index in [1.807, 2.05) is 24.3 Å². The standard InChI is InChI=1S/C20H30O5/c1-13(2)12-16-8-10-17(11-9-16)15(5)18(21)24-20(6,7)25-19(22)23-14(3)4/h8-11,13-15H,12H2,1-7H3. The molecule has 5 heteroatoms. The van der Waals surface area contributed by atoms with Gasteiger partial charge in [-0.1, -0.05) is 38.1 Å². The molecule has 0 bridgehead atoms. The Morgan fingerprint density at radius 1 is 0.960 bits per heavy atom. The Balaban J connectivity index is 2.67. The van der Waals surface area contributed by atoms with Crippen molar-refractivity contribution in [2.24, 2.45) is 5.92 Å². The molecule has 1 rings (SSSR count). The molecule has 0 aliphatic heterocycles. The second-order valence-electron chi connectivity index (χ2n) is 7.40. The van der Waals surface area contributed by atoms with Gasteiger partial charge in [-0.05, 0) is 44.2 Å². The zero-order chi connectivity index (χ0) is 19.2. The number of carbonyl (C=O) groups excluding carboxylic acids is 2. The highest BCUT2D eigenvalue weighted by molar-refractivity contribution is 5.78. The zero-order valence-electron chi connectivity index (χ0n) is 16.3. The Morgan fingerprint density at radius 3 is 2.00 bits per heavy atom. The highest BCUT2D eigenvalue weighted by Crippen LogP contribution is 2.23. The summed E-state index contributed by atoms with van der Waals surface area (Å²) in [5.74, 6) is -1.73. The Morgan fingerprint density at radius 2 is 1.52 bits per heavy atom. The van der Waals surface area contributed by atoms with E-state index in [0.29, 0.717) is 5.92 Å². The molecule has 0 N–H and O–H groups in total. The first kappa shape index (κ1) is 21.0. The van der Waals surface area contributed by atoms with Crippen LogP contribution in [-0.2, 0) is 25.4 Å². The number of rotatable bonds is 7. The quantitative estimate of drug-likeness (QED) is 0.521. The summed E-state index contributed by atoms with van der Waals surface area (Å²) in [6.45, 7) is 12.5. The van der Waals surface area contributed by atoms with Crippen molar-refractivity contribution in [1.82, 2.24) is 0 Å². The Hall–Kier alpha value is -2.04. The van der Waals surface area contributed by atoms with Crippen LogP contribution < -0.4 is 0 Å². The summed E-state index contributed by atoms with van der Waals surface area (Å²) < 4.78 is 15.3. The van der Waals surface area contributed by atoms with Gasteiger partial charge < -0.3 is 14.2 Å². The maximum atomic E-state index is 12.4. The number of hydrogen-bond acceptors (Lipinski definition) is 5. The lowest BCUT2D eigenvalue weighted by Gasteiger charge is -2.26. The molecule has 140 valence electrons. The van der Waals surface area contributed by atoms with Gasteiger partial charge in [0.15, 0.2) is 0 Å². The summed E-state index contributed by atoms with van der Waals surface area (Å²) >= 11 is 0. The van der Waals surface area contributed by atoms with Crippen LogP contribution in [0.4, 0.5) is 4.79 Å². The van der Waals surface area contributed by atoms with Crippen molar-refractivity contribution in [1.29, 1.82) is 0 Å². The van der Waals surface area contributed by atoms with Crippen LogP contribution in [0, 0.1) is 5.92 Å². The van der Waals surface area contributed by atoms with Gasteiger partial charge in [-0.25, -0.2) is 4.79 Å². The lowest BCUT2D eigenvalue weighted by molar-refractivity contribution is -0.203. The van der Waals surface area contributed by atoms with E-state index in [0.717, 1.165) is 12.0 Å². The van der Waals surface area contributed by atoms with Gasteiger partial charge >= 0.3 is 12.1 Å². The zero-order valence-corrected chi connectivity index (χ0v) is 16.3. The summed E-state index contributed by atoms with van der Waals surface area (Å²) in [6.07, 6.45) is -0.168. The minimum absolute atomic E-state index is 0.303. The predicted octanol–water partition coefficient (Wildman–Crippen LogP) is 4.83. The van der Waals surface area contributed by atoms with E-state index in [4.69, 9.17) is 14.2 Å². The molecule has 0 aliphatic rings. The minimum atomic E-state index is -1.39. The van der Waals surface area contributed by atoms with Crippen molar-refractivity contribution >= 4 is 12.1 Å². The molecular formula is C20H30O5. The fourth-order valence-electron chi connectivity index (χ4n) is 2.32. The Labute approximate surface area is 150 Å². The SMILES string of the molecule is CC(C)Cc1ccc(C(C)C(=O)OC(C)(C)OC(=O)OC(C)C)cc1. The molecule has 1 aromatic rings. The number of carbonyl (C=O) groups is 2. The van der Waals surface area contributed by atoms with Gasteiger partial charge in [0, 0.05) is 13.8 Å². The fourth-order valence-corrected chi connectivity index (χ4v) is 2.32. The molecule has 1 aromatic carbocycles. The largest absolute Gasteiger partial charge is 0.511 e. The van der Waals surface area contributed by atoms with Crippen molar-refractivity contribution in [3.05, 3.63) is 35.4 Å². The molecule has 0 saturated carbocycles. The molecule has 0 aromatic heterocycles. The maximum Gasteiger partial charge on any atom is 0.511 e. The number of hydrogen-bond donors (Lipinski definition) is 0. The molecule has 0 radical (unpaired) electrons. The molecule has 1 unspecified atom stereocenters. The second kappa shape index (κ2) is 8.88. The van der Waals surface area contributed by atoms with E-state index < -0.39 is 23.8 Å². The van der Waals surface area contributed by atoms with Crippen molar-refractivity contribution in [3.8, 4) is 0 Å². The van der Waals surface area contributed by atoms with Crippen molar-refractivity contribution in [2.75, 3.05) is 0 Å². The summed E-state index contributed by atoms with van der Waals surface area (Å²) in [5, 5.41) is 0. The van der Waals surface area contributed by atoms with E-state index in [-0.39, 0.29) is 6.10 Å². The summed E-state index contributed by atoms with van der Waals surface area (Å²) in [5.41, 5.74) is 2.09. The van der Waals surface area contributed by atoms with E-state index in [1.54, 1.807) is 20.8 Å². The third kappa shape index (κ3) is 7.59. The van der Waals surface area contributed by atoms with E-state index >= 15 is 0 Å². The van der Waals surface area contributed by atoms with Gasteiger partial charge in [0.2, 0.25) is 0 Å². The summed E-state index contributed by atoms with van der Waals surface area (Å²) in [6, 6.07) is 7.93. The van der Waals surface area contributed by atoms with Crippen LogP contribution in [0.25, 0.3) is 0 Å². The second-order valence-corrected chi connectivity index (χ2v) is 7.40. The van der Waals surface area contributed by atoms with Crippen molar-refractivity contribution in [3.63, 3.8) is 0 Å². The van der Waals surface area contributed by atoms with Crippen LogP contribution in [0.1, 0.15) is 65.5 Å². The topological polar surface area (TPSA) is 61.8 Å². The minimum Gasteiger partial charge on any atom is -0.431 e. The lowest BCUT2D eigenvalue weighted by atomic mass is 9.97. The third-order valence-corrected chi connectivity index (χ3v) is 3.48. The van der Waals surface area contributed by atoms with E-state index in [1.165, 1.54) is 19.4 Å². The molecule has 0 fully saturated rings. The number of esters is 1. The molecule has 0 spiro atoms. The highest BCUT2D eigenvalue weighted by atomic mass is 16.8. The highest BCUT2D eigenvalue weighted by Gasteiger charge is 2.31. The number of benzene rings is 1. The van der Waals surface area contributed by atoms with Crippen LogP contribution in [0.3, 0.4) is 0 Å². The summed E-state index contributed by atoms with van der Waals surface area (Å²) in [4.78, 5) is 24.0.